The number of alkyl halides is 3. The molecule has 0 spiro atoms. The number of halogens is 3. The molecule has 1 aromatic carbocycles. The smallest absolute Gasteiger partial charge is 0.368 e. The molecule has 1 saturated heterocycles. The Bertz CT molecular complexity index is 839. The first-order valence-corrected chi connectivity index (χ1v) is 10.2. The van der Waals surface area contributed by atoms with Crippen molar-refractivity contribution in [3.63, 3.8) is 0 Å². The molecule has 0 radical (unpaired) electrons. The monoisotopic (exact) mass is 423 g/mol. The topological polar surface area (TPSA) is 61.6 Å². The highest BCUT2D eigenvalue weighted by molar-refractivity contribution is 5.80. The van der Waals surface area contributed by atoms with Crippen molar-refractivity contribution in [2.45, 2.75) is 33.0 Å². The third-order valence-corrected chi connectivity index (χ3v) is 5.07. The number of hydrogen-bond acceptors (Lipinski definition) is 4. The normalized spacial score (nSPS) is 15.6. The van der Waals surface area contributed by atoms with E-state index in [1.54, 1.807) is 12.4 Å². The van der Waals surface area contributed by atoms with Gasteiger partial charge in [-0.2, -0.15) is 13.2 Å². The number of nitrogens with zero attached hydrogens (tertiary/aromatic N) is 6. The average molecular weight is 423 g/mol. The SMILES string of the molecule is CCNC(=NCCn1cnnc1CC)N1CCN(c2cccc(C(F)(F)F)c2)CC1. The van der Waals surface area contributed by atoms with Crippen molar-refractivity contribution in [3.05, 3.63) is 42.0 Å². The molecule has 3 rings (SSSR count). The van der Waals surface area contributed by atoms with Crippen molar-refractivity contribution in [1.82, 2.24) is 25.0 Å². The van der Waals surface area contributed by atoms with Gasteiger partial charge in [0.15, 0.2) is 5.96 Å². The highest BCUT2D eigenvalue weighted by Gasteiger charge is 2.31. The van der Waals surface area contributed by atoms with E-state index in [9.17, 15) is 13.2 Å². The molecule has 0 bridgehead atoms. The summed E-state index contributed by atoms with van der Waals surface area (Å²) in [5.41, 5.74) is -0.0103. The molecule has 0 amide bonds. The Labute approximate surface area is 174 Å². The first-order valence-electron chi connectivity index (χ1n) is 10.2. The van der Waals surface area contributed by atoms with E-state index in [0.717, 1.165) is 30.8 Å². The van der Waals surface area contributed by atoms with E-state index < -0.39 is 11.7 Å². The summed E-state index contributed by atoms with van der Waals surface area (Å²) in [5.74, 6) is 1.76. The largest absolute Gasteiger partial charge is 0.416 e. The standard InChI is InChI=1S/C20H28F3N7/c1-3-18-27-26-15-30(18)9-8-25-19(24-4-2)29-12-10-28(11-13-29)17-7-5-6-16(14-17)20(21,22)23/h5-7,14-15H,3-4,8-13H2,1-2H3,(H,24,25). The van der Waals surface area contributed by atoms with Crippen molar-refractivity contribution >= 4 is 11.6 Å². The molecule has 1 N–H and O–H groups in total. The zero-order valence-corrected chi connectivity index (χ0v) is 17.4. The lowest BCUT2D eigenvalue weighted by Crippen LogP contribution is -2.52. The molecule has 1 aliphatic heterocycles. The molecule has 0 unspecified atom stereocenters. The predicted molar refractivity (Wildman–Crippen MR) is 111 cm³/mol. The van der Waals surface area contributed by atoms with Gasteiger partial charge in [-0.15, -0.1) is 10.2 Å². The first kappa shape index (κ1) is 21.9. The van der Waals surface area contributed by atoms with Crippen LogP contribution in [0.2, 0.25) is 0 Å². The van der Waals surface area contributed by atoms with Gasteiger partial charge >= 0.3 is 6.18 Å². The maximum Gasteiger partial charge on any atom is 0.416 e. The fourth-order valence-corrected chi connectivity index (χ4v) is 3.48. The second-order valence-electron chi connectivity index (χ2n) is 7.05. The minimum Gasteiger partial charge on any atom is -0.368 e. The van der Waals surface area contributed by atoms with Crippen molar-refractivity contribution in [1.29, 1.82) is 0 Å². The lowest BCUT2D eigenvalue weighted by atomic mass is 10.1. The van der Waals surface area contributed by atoms with Gasteiger partial charge in [0.25, 0.3) is 0 Å². The Balaban J connectivity index is 1.60. The van der Waals surface area contributed by atoms with Gasteiger partial charge < -0.3 is 19.7 Å². The number of aromatic nitrogens is 3. The van der Waals surface area contributed by atoms with Crippen LogP contribution < -0.4 is 10.2 Å². The fraction of sp³-hybridized carbons (Fsp3) is 0.550. The minimum atomic E-state index is -4.33. The van der Waals surface area contributed by atoms with Gasteiger partial charge in [0.1, 0.15) is 12.2 Å². The van der Waals surface area contributed by atoms with E-state index in [-0.39, 0.29) is 0 Å². The summed E-state index contributed by atoms with van der Waals surface area (Å²) in [4.78, 5) is 8.86. The molecule has 0 aliphatic carbocycles. The van der Waals surface area contributed by atoms with Gasteiger partial charge in [-0.25, -0.2) is 0 Å². The summed E-state index contributed by atoms with van der Waals surface area (Å²) in [5, 5.41) is 11.3. The molecule has 0 atom stereocenters. The molecular weight excluding hydrogens is 395 g/mol. The van der Waals surface area contributed by atoms with E-state index in [2.05, 4.69) is 20.4 Å². The molecule has 0 saturated carbocycles. The number of guanidine groups is 1. The molecule has 10 heteroatoms. The summed E-state index contributed by atoms with van der Waals surface area (Å²) >= 11 is 0. The van der Waals surface area contributed by atoms with Crippen LogP contribution in [0.3, 0.4) is 0 Å². The maximum atomic E-state index is 13.0. The van der Waals surface area contributed by atoms with Crippen LogP contribution in [0.1, 0.15) is 25.2 Å². The van der Waals surface area contributed by atoms with Crippen molar-refractivity contribution in [2.75, 3.05) is 44.2 Å². The van der Waals surface area contributed by atoms with Crippen molar-refractivity contribution in [3.8, 4) is 0 Å². The maximum absolute atomic E-state index is 13.0. The number of piperazine rings is 1. The van der Waals surface area contributed by atoms with Crippen molar-refractivity contribution < 1.29 is 13.2 Å². The number of hydrogen-bond donors (Lipinski definition) is 1. The van der Waals surface area contributed by atoms with Gasteiger partial charge in [0, 0.05) is 51.4 Å². The molecule has 1 fully saturated rings. The zero-order chi connectivity index (χ0) is 21.6. The van der Waals surface area contributed by atoms with E-state index in [0.29, 0.717) is 45.0 Å². The number of nitrogens with one attached hydrogen (secondary N) is 1. The van der Waals surface area contributed by atoms with Gasteiger partial charge in [-0.05, 0) is 25.1 Å². The molecule has 2 aromatic rings. The number of benzene rings is 1. The Kier molecular flexibility index (Phi) is 7.17. The van der Waals surface area contributed by atoms with E-state index in [4.69, 9.17) is 4.99 Å². The number of aliphatic imine (C=N–C) groups is 1. The Morgan fingerprint density at radius 1 is 1.17 bits per heavy atom. The molecular formula is C20H28F3N7. The summed E-state index contributed by atoms with van der Waals surface area (Å²) in [7, 11) is 0. The summed E-state index contributed by atoms with van der Waals surface area (Å²) in [6, 6.07) is 5.52. The van der Waals surface area contributed by atoms with Crippen LogP contribution in [-0.2, 0) is 19.1 Å². The number of rotatable bonds is 6. The van der Waals surface area contributed by atoms with E-state index in [1.165, 1.54) is 12.1 Å². The highest BCUT2D eigenvalue weighted by Crippen LogP contribution is 2.31. The lowest BCUT2D eigenvalue weighted by molar-refractivity contribution is -0.137. The zero-order valence-electron chi connectivity index (χ0n) is 17.4. The molecule has 30 heavy (non-hydrogen) atoms. The minimum absolute atomic E-state index is 0.598. The molecule has 1 aromatic heterocycles. The van der Waals surface area contributed by atoms with Gasteiger partial charge in [-0.1, -0.05) is 13.0 Å². The molecule has 164 valence electrons. The summed E-state index contributed by atoms with van der Waals surface area (Å²) in [6.45, 7) is 8.76. The number of aryl methyl sites for hydroxylation is 1. The predicted octanol–water partition coefficient (Wildman–Crippen LogP) is 2.65. The van der Waals surface area contributed by atoms with Crippen LogP contribution in [0.15, 0.2) is 35.6 Å². The number of anilines is 1. The fourth-order valence-electron chi connectivity index (χ4n) is 3.48. The van der Waals surface area contributed by atoms with Crippen LogP contribution in [0.25, 0.3) is 0 Å². The molecule has 2 heterocycles. The molecule has 7 nitrogen and oxygen atoms in total. The average Bonchev–Trinajstić information content (AvgIpc) is 3.20. The quantitative estimate of drug-likeness (QED) is 0.572. The van der Waals surface area contributed by atoms with Crippen LogP contribution in [0.4, 0.5) is 18.9 Å². The van der Waals surface area contributed by atoms with E-state index in [1.807, 2.05) is 23.3 Å². The second kappa shape index (κ2) is 9.82. The Morgan fingerprint density at radius 2 is 1.93 bits per heavy atom. The van der Waals surface area contributed by atoms with Crippen LogP contribution in [0, 0.1) is 0 Å². The van der Waals surface area contributed by atoms with Crippen LogP contribution in [0.5, 0.6) is 0 Å². The van der Waals surface area contributed by atoms with E-state index >= 15 is 0 Å². The van der Waals surface area contributed by atoms with Crippen molar-refractivity contribution in [2.24, 2.45) is 4.99 Å². The summed E-state index contributed by atoms with van der Waals surface area (Å²) < 4.78 is 41.0. The van der Waals surface area contributed by atoms with Gasteiger partial charge in [0.2, 0.25) is 0 Å². The Hall–Kier alpha value is -2.78. The first-order chi connectivity index (χ1) is 14.4. The van der Waals surface area contributed by atoms with Gasteiger partial charge in [0.05, 0.1) is 12.1 Å². The summed E-state index contributed by atoms with van der Waals surface area (Å²) in [6.07, 6.45) is -1.79. The second-order valence-corrected chi connectivity index (χ2v) is 7.05. The molecule has 1 aliphatic rings. The van der Waals surface area contributed by atoms with Gasteiger partial charge in [-0.3, -0.25) is 4.99 Å². The Morgan fingerprint density at radius 3 is 2.60 bits per heavy atom. The van der Waals surface area contributed by atoms with Crippen LogP contribution in [-0.4, -0.2) is 64.9 Å². The lowest BCUT2D eigenvalue weighted by Gasteiger charge is -2.38. The highest BCUT2D eigenvalue weighted by atomic mass is 19.4. The third-order valence-electron chi connectivity index (χ3n) is 5.07. The van der Waals surface area contributed by atoms with Crippen LogP contribution >= 0.6 is 0 Å². The third kappa shape index (κ3) is 5.43.